The Morgan fingerprint density at radius 3 is 3.24 bits per heavy atom. The van der Waals surface area contributed by atoms with Crippen LogP contribution in [0.3, 0.4) is 0 Å². The number of carbonyl (C=O) groups excluding carboxylic acids is 1. The Balaban J connectivity index is 2.23. The van der Waals surface area contributed by atoms with E-state index in [1.165, 1.54) is 6.20 Å². The number of esters is 1. The lowest BCUT2D eigenvalue weighted by molar-refractivity contribution is 0.0344. The molecule has 1 unspecified atom stereocenters. The topological polar surface area (TPSA) is 43.6 Å². The summed E-state index contributed by atoms with van der Waals surface area (Å²) in [4.78, 5) is 16.0. The van der Waals surface area contributed by atoms with Gasteiger partial charge in [-0.3, -0.25) is 4.40 Å². The molecule has 2 heterocycles. The smallest absolute Gasteiger partial charge is 0.357 e. The van der Waals surface area contributed by atoms with Crippen molar-refractivity contribution in [1.82, 2.24) is 9.38 Å². The third-order valence-corrected chi connectivity index (χ3v) is 2.34. The van der Waals surface area contributed by atoms with Crippen molar-refractivity contribution in [2.75, 3.05) is 0 Å². The number of hydrogen-bond acceptors (Lipinski definition) is 3. The molecule has 0 aliphatic rings. The second-order valence-electron chi connectivity index (χ2n) is 3.70. The summed E-state index contributed by atoms with van der Waals surface area (Å²) < 4.78 is 6.89. The largest absolute Gasteiger partial charge is 0.457 e. The van der Waals surface area contributed by atoms with Gasteiger partial charge in [-0.25, -0.2) is 9.78 Å². The maximum atomic E-state index is 11.9. The fourth-order valence-corrected chi connectivity index (χ4v) is 1.53. The molecule has 2 rings (SSSR count). The van der Waals surface area contributed by atoms with Crippen LogP contribution in [0.4, 0.5) is 0 Å². The van der Waals surface area contributed by atoms with Crippen LogP contribution in [0.15, 0.2) is 30.6 Å². The summed E-state index contributed by atoms with van der Waals surface area (Å²) in [6.45, 7) is 1.76. The van der Waals surface area contributed by atoms with Gasteiger partial charge < -0.3 is 4.74 Å². The van der Waals surface area contributed by atoms with Gasteiger partial charge in [0.2, 0.25) is 0 Å². The molecule has 0 aromatic carbocycles. The number of ether oxygens (including phenoxy) is 1. The van der Waals surface area contributed by atoms with E-state index in [4.69, 9.17) is 11.2 Å². The molecule has 0 saturated carbocycles. The SMILES string of the molecule is C#CCC(C)OC(=O)c1cnc2ccccn12. The molecule has 86 valence electrons. The van der Waals surface area contributed by atoms with E-state index in [1.807, 2.05) is 18.2 Å². The number of hydrogen-bond donors (Lipinski definition) is 0. The molecule has 17 heavy (non-hydrogen) atoms. The number of pyridine rings is 1. The molecular weight excluding hydrogens is 216 g/mol. The molecule has 0 fully saturated rings. The highest BCUT2D eigenvalue weighted by Gasteiger charge is 2.15. The molecule has 0 aliphatic carbocycles. The number of rotatable bonds is 3. The molecule has 0 aliphatic heterocycles. The highest BCUT2D eigenvalue weighted by atomic mass is 16.5. The van der Waals surface area contributed by atoms with E-state index in [2.05, 4.69) is 10.9 Å². The van der Waals surface area contributed by atoms with Gasteiger partial charge in [-0.1, -0.05) is 6.07 Å². The second kappa shape index (κ2) is 4.71. The van der Waals surface area contributed by atoms with E-state index in [0.717, 1.165) is 0 Å². The summed E-state index contributed by atoms with van der Waals surface area (Å²) in [7, 11) is 0. The number of carbonyl (C=O) groups is 1. The lowest BCUT2D eigenvalue weighted by Gasteiger charge is -2.09. The second-order valence-corrected chi connectivity index (χ2v) is 3.70. The Bertz CT molecular complexity index is 580. The highest BCUT2D eigenvalue weighted by molar-refractivity contribution is 5.88. The number of aromatic nitrogens is 2. The minimum atomic E-state index is -0.411. The molecule has 4 nitrogen and oxygen atoms in total. The summed E-state index contributed by atoms with van der Waals surface area (Å²) in [5.74, 6) is 2.04. The van der Waals surface area contributed by atoms with E-state index >= 15 is 0 Å². The first-order chi connectivity index (χ1) is 8.22. The Morgan fingerprint density at radius 2 is 2.47 bits per heavy atom. The third-order valence-electron chi connectivity index (χ3n) is 2.34. The van der Waals surface area contributed by atoms with Gasteiger partial charge in [-0.15, -0.1) is 12.3 Å². The van der Waals surface area contributed by atoms with Crippen LogP contribution in [0, 0.1) is 12.3 Å². The van der Waals surface area contributed by atoms with Crippen molar-refractivity contribution in [2.45, 2.75) is 19.4 Å². The molecule has 0 N–H and O–H groups in total. The molecule has 2 aromatic heterocycles. The van der Waals surface area contributed by atoms with E-state index in [0.29, 0.717) is 17.8 Å². The Kier molecular flexibility index (Phi) is 3.10. The van der Waals surface area contributed by atoms with E-state index in [9.17, 15) is 4.79 Å². The fourth-order valence-electron chi connectivity index (χ4n) is 1.53. The normalized spacial score (nSPS) is 12.0. The van der Waals surface area contributed by atoms with Gasteiger partial charge in [0, 0.05) is 12.6 Å². The third kappa shape index (κ3) is 2.28. The van der Waals surface area contributed by atoms with Crippen molar-refractivity contribution < 1.29 is 9.53 Å². The maximum absolute atomic E-state index is 11.9. The van der Waals surface area contributed by atoms with Gasteiger partial charge in [-0.2, -0.15) is 0 Å². The minimum Gasteiger partial charge on any atom is -0.457 e. The van der Waals surface area contributed by atoms with Gasteiger partial charge >= 0.3 is 5.97 Å². The van der Waals surface area contributed by atoms with Crippen LogP contribution in [0.25, 0.3) is 5.65 Å². The Morgan fingerprint density at radius 1 is 1.65 bits per heavy atom. The van der Waals surface area contributed by atoms with Crippen molar-refractivity contribution in [3.63, 3.8) is 0 Å². The quantitative estimate of drug-likeness (QED) is 0.595. The average molecular weight is 228 g/mol. The summed E-state index contributed by atoms with van der Waals surface area (Å²) in [6, 6.07) is 5.51. The van der Waals surface area contributed by atoms with E-state index in [1.54, 1.807) is 17.5 Å². The lowest BCUT2D eigenvalue weighted by Crippen LogP contribution is -2.15. The van der Waals surface area contributed by atoms with Crippen molar-refractivity contribution in [2.24, 2.45) is 0 Å². The van der Waals surface area contributed by atoms with Crippen molar-refractivity contribution in [1.29, 1.82) is 0 Å². The zero-order valence-electron chi connectivity index (χ0n) is 9.46. The van der Waals surface area contributed by atoms with E-state index in [-0.39, 0.29) is 6.10 Å². The first kappa shape index (κ1) is 11.2. The summed E-state index contributed by atoms with van der Waals surface area (Å²) in [5.41, 5.74) is 1.12. The number of nitrogens with zero attached hydrogens (tertiary/aromatic N) is 2. The van der Waals surface area contributed by atoms with Crippen LogP contribution in [0.2, 0.25) is 0 Å². The fraction of sp³-hybridized carbons (Fsp3) is 0.231. The molecule has 0 radical (unpaired) electrons. The predicted molar refractivity (Wildman–Crippen MR) is 63.5 cm³/mol. The first-order valence-electron chi connectivity index (χ1n) is 5.29. The molecule has 0 amide bonds. The zero-order chi connectivity index (χ0) is 12.3. The molecule has 0 saturated heterocycles. The minimum absolute atomic E-state index is 0.290. The van der Waals surface area contributed by atoms with Gasteiger partial charge in [0.1, 0.15) is 11.8 Å². The van der Waals surface area contributed by atoms with Crippen LogP contribution in [-0.4, -0.2) is 21.5 Å². The average Bonchev–Trinajstić information content (AvgIpc) is 2.72. The standard InChI is InChI=1S/C13H12N2O2/c1-3-6-10(2)17-13(16)11-9-14-12-7-4-5-8-15(11)12/h1,4-5,7-10H,6H2,2H3. The monoisotopic (exact) mass is 228 g/mol. The number of fused-ring (bicyclic) bond motifs is 1. The van der Waals surface area contributed by atoms with Gasteiger partial charge in [0.05, 0.1) is 6.20 Å². The maximum Gasteiger partial charge on any atom is 0.357 e. The molecular formula is C13H12N2O2. The predicted octanol–water partition coefficient (Wildman–Crippen LogP) is 1.90. The first-order valence-corrected chi connectivity index (χ1v) is 5.29. The van der Waals surface area contributed by atoms with Crippen LogP contribution >= 0.6 is 0 Å². The molecule has 4 heteroatoms. The Hall–Kier alpha value is -2.28. The van der Waals surface area contributed by atoms with Crippen molar-refractivity contribution in [3.05, 3.63) is 36.3 Å². The van der Waals surface area contributed by atoms with Gasteiger partial charge in [0.25, 0.3) is 0 Å². The van der Waals surface area contributed by atoms with Crippen LogP contribution in [0.1, 0.15) is 23.8 Å². The van der Waals surface area contributed by atoms with Crippen molar-refractivity contribution in [3.8, 4) is 12.3 Å². The molecule has 1 atom stereocenters. The van der Waals surface area contributed by atoms with E-state index < -0.39 is 5.97 Å². The molecule has 0 spiro atoms. The van der Waals surface area contributed by atoms with Crippen LogP contribution in [-0.2, 0) is 4.74 Å². The zero-order valence-corrected chi connectivity index (χ0v) is 9.46. The summed E-state index contributed by atoms with van der Waals surface area (Å²) >= 11 is 0. The van der Waals surface area contributed by atoms with Crippen molar-refractivity contribution >= 4 is 11.6 Å². The summed E-state index contributed by atoms with van der Waals surface area (Å²) in [5, 5.41) is 0. The highest BCUT2D eigenvalue weighted by Crippen LogP contribution is 2.09. The van der Waals surface area contributed by atoms with Crippen LogP contribution < -0.4 is 0 Å². The number of imidazole rings is 1. The number of terminal acetylenes is 1. The van der Waals surface area contributed by atoms with Gasteiger partial charge in [0.15, 0.2) is 5.69 Å². The van der Waals surface area contributed by atoms with Crippen LogP contribution in [0.5, 0.6) is 0 Å². The molecule has 0 bridgehead atoms. The lowest BCUT2D eigenvalue weighted by atomic mass is 10.3. The van der Waals surface area contributed by atoms with Gasteiger partial charge in [-0.05, 0) is 19.1 Å². The molecule has 2 aromatic rings. The Labute approximate surface area is 99.2 Å². The summed E-state index contributed by atoms with van der Waals surface area (Å²) in [6.07, 6.45) is 8.54.